The van der Waals surface area contributed by atoms with E-state index in [0.29, 0.717) is 18.2 Å². The minimum absolute atomic E-state index is 0.334. The quantitative estimate of drug-likeness (QED) is 0.382. The first-order valence-corrected chi connectivity index (χ1v) is 6.85. The summed E-state index contributed by atoms with van der Waals surface area (Å²) in [5, 5.41) is 2.66. The highest BCUT2D eigenvalue weighted by atomic mass is 79.9. The van der Waals surface area contributed by atoms with E-state index in [1.165, 1.54) is 0 Å². The number of hydrogen-bond donors (Lipinski definition) is 1. The summed E-state index contributed by atoms with van der Waals surface area (Å²) < 4.78 is 65.8. The lowest BCUT2D eigenvalue weighted by atomic mass is 9.78. The van der Waals surface area contributed by atoms with Gasteiger partial charge in [-0.2, -0.15) is 0 Å². The molecule has 1 aromatic carbocycles. The second kappa shape index (κ2) is 5.31. The lowest BCUT2D eigenvalue weighted by Gasteiger charge is -2.41. The third-order valence-corrected chi connectivity index (χ3v) is 4.46. The van der Waals surface area contributed by atoms with Crippen LogP contribution in [0.4, 0.5) is 22.0 Å². The molecule has 0 radical (unpaired) electrons. The fourth-order valence-electron chi connectivity index (χ4n) is 2.00. The van der Waals surface area contributed by atoms with Gasteiger partial charge >= 0.3 is 0 Å². The number of hydrogen-bond acceptors (Lipinski definition) is 1. The molecule has 2 rings (SSSR count). The number of benzene rings is 1. The maximum Gasteiger partial charge on any atom is 0.257 e. The largest absolute Gasteiger partial charge is 0.346 e. The van der Waals surface area contributed by atoms with Gasteiger partial charge < -0.3 is 5.32 Å². The zero-order chi connectivity index (χ0) is 15.1. The molecule has 1 aliphatic carbocycles. The van der Waals surface area contributed by atoms with Gasteiger partial charge in [0.25, 0.3) is 5.91 Å². The van der Waals surface area contributed by atoms with Gasteiger partial charge in [0, 0.05) is 5.33 Å². The molecule has 20 heavy (non-hydrogen) atoms. The molecule has 1 fully saturated rings. The van der Waals surface area contributed by atoms with Crippen LogP contribution in [0, 0.1) is 29.1 Å². The molecule has 8 heteroatoms. The van der Waals surface area contributed by atoms with E-state index in [1.807, 2.05) is 0 Å². The Labute approximate surface area is 119 Å². The molecule has 1 N–H and O–H groups in total. The smallest absolute Gasteiger partial charge is 0.257 e. The van der Waals surface area contributed by atoms with Crippen molar-refractivity contribution in [2.75, 3.05) is 5.33 Å². The van der Waals surface area contributed by atoms with Gasteiger partial charge in [0.05, 0.1) is 5.54 Å². The van der Waals surface area contributed by atoms with Crippen LogP contribution in [0.5, 0.6) is 0 Å². The number of amides is 1. The van der Waals surface area contributed by atoms with Crippen LogP contribution in [-0.2, 0) is 0 Å². The van der Waals surface area contributed by atoms with Crippen molar-refractivity contribution in [3.63, 3.8) is 0 Å². The van der Waals surface area contributed by atoms with E-state index in [9.17, 15) is 26.7 Å². The molecule has 1 aromatic rings. The molecule has 0 spiro atoms. The summed E-state index contributed by atoms with van der Waals surface area (Å²) in [6.07, 6.45) is 1.95. The number of nitrogens with one attached hydrogen (secondary N) is 1. The summed E-state index contributed by atoms with van der Waals surface area (Å²) in [5.41, 5.74) is -2.15. The van der Waals surface area contributed by atoms with Gasteiger partial charge in [0.1, 0.15) is 5.56 Å². The van der Waals surface area contributed by atoms with Gasteiger partial charge in [-0.25, -0.2) is 22.0 Å². The first-order chi connectivity index (χ1) is 9.33. The Morgan fingerprint density at radius 2 is 1.45 bits per heavy atom. The van der Waals surface area contributed by atoms with Crippen molar-refractivity contribution < 1.29 is 26.7 Å². The number of carbonyl (C=O) groups excluding carboxylic acids is 1. The molecular weight excluding hydrogens is 349 g/mol. The highest BCUT2D eigenvalue weighted by Gasteiger charge is 2.39. The van der Waals surface area contributed by atoms with Gasteiger partial charge in [-0.05, 0) is 19.3 Å². The molecule has 0 aromatic heterocycles. The average Bonchev–Trinajstić information content (AvgIpc) is 2.38. The summed E-state index contributed by atoms with van der Waals surface area (Å²) >= 11 is 3.15. The molecule has 0 atom stereocenters. The van der Waals surface area contributed by atoms with Crippen LogP contribution in [-0.4, -0.2) is 16.8 Å². The van der Waals surface area contributed by atoms with Crippen LogP contribution >= 0.6 is 15.9 Å². The van der Waals surface area contributed by atoms with E-state index >= 15 is 0 Å². The van der Waals surface area contributed by atoms with Gasteiger partial charge in [-0.3, -0.25) is 4.79 Å². The molecule has 1 aliphatic rings. The standard InChI is InChI=1S/C12H9BrF5NO/c13-4-12(2-1-3-12)19-11(20)5-6(14)8(16)10(18)9(17)7(5)15/h1-4H2,(H,19,20). The summed E-state index contributed by atoms with van der Waals surface area (Å²) in [5.74, 6) is -12.1. The second-order valence-electron chi connectivity index (χ2n) is 4.67. The summed E-state index contributed by atoms with van der Waals surface area (Å²) in [6, 6.07) is 0. The van der Waals surface area contributed by atoms with Crippen molar-refractivity contribution in [2.45, 2.75) is 24.8 Å². The van der Waals surface area contributed by atoms with Gasteiger partial charge in [0.15, 0.2) is 23.3 Å². The third-order valence-electron chi connectivity index (χ3n) is 3.38. The number of alkyl halides is 1. The van der Waals surface area contributed by atoms with Crippen molar-refractivity contribution in [2.24, 2.45) is 0 Å². The second-order valence-corrected chi connectivity index (χ2v) is 5.23. The monoisotopic (exact) mass is 357 g/mol. The van der Waals surface area contributed by atoms with Crippen LogP contribution < -0.4 is 5.32 Å². The first-order valence-electron chi connectivity index (χ1n) is 5.73. The Kier molecular flexibility index (Phi) is 4.04. The lowest BCUT2D eigenvalue weighted by Crippen LogP contribution is -2.55. The Bertz CT molecular complexity index is 539. The number of halogens is 6. The summed E-state index contributed by atoms with van der Waals surface area (Å²) in [4.78, 5) is 11.8. The molecule has 1 amide bonds. The number of rotatable bonds is 3. The van der Waals surface area contributed by atoms with E-state index in [1.54, 1.807) is 0 Å². The van der Waals surface area contributed by atoms with Crippen LogP contribution in [0.25, 0.3) is 0 Å². The maximum atomic E-state index is 13.5. The first kappa shape index (κ1) is 15.2. The molecule has 1 saturated carbocycles. The molecule has 0 heterocycles. The lowest BCUT2D eigenvalue weighted by molar-refractivity contribution is 0.0844. The summed E-state index contributed by atoms with van der Waals surface area (Å²) in [7, 11) is 0. The fourth-order valence-corrected chi connectivity index (χ4v) is 2.70. The fraction of sp³-hybridized carbons (Fsp3) is 0.417. The van der Waals surface area contributed by atoms with Crippen molar-refractivity contribution in [3.8, 4) is 0 Å². The van der Waals surface area contributed by atoms with Gasteiger partial charge in [0.2, 0.25) is 5.82 Å². The Morgan fingerprint density at radius 3 is 1.80 bits per heavy atom. The highest BCUT2D eigenvalue weighted by Crippen LogP contribution is 2.34. The van der Waals surface area contributed by atoms with E-state index in [-0.39, 0.29) is 0 Å². The van der Waals surface area contributed by atoms with Crippen LogP contribution in [0.3, 0.4) is 0 Å². The van der Waals surface area contributed by atoms with E-state index in [4.69, 9.17) is 0 Å². The predicted octanol–water partition coefficient (Wildman–Crippen LogP) is 3.43. The van der Waals surface area contributed by atoms with Crippen molar-refractivity contribution in [1.82, 2.24) is 5.32 Å². The van der Waals surface area contributed by atoms with Gasteiger partial charge in [-0.15, -0.1) is 0 Å². The molecular formula is C12H9BrF5NO. The summed E-state index contributed by atoms with van der Waals surface area (Å²) in [6.45, 7) is 0. The highest BCUT2D eigenvalue weighted by molar-refractivity contribution is 9.09. The molecule has 0 unspecified atom stereocenters. The van der Waals surface area contributed by atoms with Gasteiger partial charge in [-0.1, -0.05) is 15.9 Å². The Hall–Kier alpha value is -1.18. The Balaban J connectivity index is 2.40. The normalized spacial score (nSPS) is 16.7. The topological polar surface area (TPSA) is 29.1 Å². The molecule has 110 valence electrons. The third kappa shape index (κ3) is 2.30. The van der Waals surface area contributed by atoms with Crippen LogP contribution in [0.1, 0.15) is 29.6 Å². The van der Waals surface area contributed by atoms with Crippen LogP contribution in [0.15, 0.2) is 0 Å². The molecule has 0 saturated heterocycles. The zero-order valence-corrected chi connectivity index (χ0v) is 11.6. The molecule has 0 aliphatic heterocycles. The average molecular weight is 358 g/mol. The zero-order valence-electron chi connectivity index (χ0n) is 10.0. The predicted molar refractivity (Wildman–Crippen MR) is 64.1 cm³/mol. The van der Waals surface area contributed by atoms with E-state index in [2.05, 4.69) is 21.2 Å². The minimum atomic E-state index is -2.28. The van der Waals surface area contributed by atoms with Crippen molar-refractivity contribution in [1.29, 1.82) is 0 Å². The van der Waals surface area contributed by atoms with Crippen molar-refractivity contribution in [3.05, 3.63) is 34.6 Å². The van der Waals surface area contributed by atoms with E-state index in [0.717, 1.165) is 6.42 Å². The van der Waals surface area contributed by atoms with Crippen molar-refractivity contribution >= 4 is 21.8 Å². The minimum Gasteiger partial charge on any atom is -0.346 e. The number of carbonyl (C=O) groups is 1. The van der Waals surface area contributed by atoms with Crippen LogP contribution in [0.2, 0.25) is 0 Å². The molecule has 0 bridgehead atoms. The Morgan fingerprint density at radius 1 is 1.00 bits per heavy atom. The maximum absolute atomic E-state index is 13.5. The molecule has 2 nitrogen and oxygen atoms in total. The van der Waals surface area contributed by atoms with E-state index < -0.39 is 46.1 Å². The SMILES string of the molecule is O=C(NC1(CBr)CCC1)c1c(F)c(F)c(F)c(F)c1F.